The summed E-state index contributed by atoms with van der Waals surface area (Å²) in [6, 6.07) is 2.06. The quantitative estimate of drug-likeness (QED) is 0.324. The van der Waals surface area contributed by atoms with E-state index >= 15 is 0 Å². The van der Waals surface area contributed by atoms with E-state index in [1.807, 2.05) is 23.0 Å². The number of aromatic nitrogens is 5. The molecule has 5 aromatic rings. The predicted octanol–water partition coefficient (Wildman–Crippen LogP) is 4.00. The molecule has 0 fully saturated rings. The number of nitrogens with one attached hydrogen (secondary N) is 1. The summed E-state index contributed by atoms with van der Waals surface area (Å²) in [5.74, 6) is 1.41. The Labute approximate surface area is 171 Å². The molecule has 5 rings (SSSR count). The Morgan fingerprint density at radius 2 is 2.25 bits per heavy atom. The molecule has 0 saturated heterocycles. The largest absolute Gasteiger partial charge is 0.611 e. The molecular weight excluding hydrogens is 414 g/mol. The second kappa shape index (κ2) is 7.12. The van der Waals surface area contributed by atoms with Gasteiger partial charge in [-0.15, -0.1) is 11.3 Å². The Balaban J connectivity index is 1.78. The van der Waals surface area contributed by atoms with E-state index in [1.165, 1.54) is 11.3 Å². The second-order valence-electron chi connectivity index (χ2n) is 6.37. The molecule has 0 amide bonds. The van der Waals surface area contributed by atoms with Crippen LogP contribution < -0.4 is 0 Å². The van der Waals surface area contributed by atoms with Gasteiger partial charge in [-0.25, -0.2) is 19.5 Å². The van der Waals surface area contributed by atoms with Crippen LogP contribution in [0.2, 0.25) is 0 Å². The molecule has 0 aliphatic rings. The van der Waals surface area contributed by atoms with Crippen molar-refractivity contribution in [2.75, 3.05) is 19.5 Å². The highest BCUT2D eigenvalue weighted by molar-refractivity contribution is 7.93. The van der Waals surface area contributed by atoms with Crippen LogP contribution in [0, 0.1) is 6.92 Å². The molecule has 1 unspecified atom stereocenters. The number of thiophene rings is 1. The maximum atomic E-state index is 13.0. The fraction of sp³-hybridized carbons (Fsp3) is 0.278. The highest BCUT2D eigenvalue weighted by Crippen LogP contribution is 2.40. The van der Waals surface area contributed by atoms with E-state index in [9.17, 15) is 4.55 Å². The summed E-state index contributed by atoms with van der Waals surface area (Å²) in [5, 5.41) is 8.28. The number of aryl methyl sites for hydroxylation is 1. The summed E-state index contributed by atoms with van der Waals surface area (Å²) in [7, 11) is 1.66. The van der Waals surface area contributed by atoms with Crippen molar-refractivity contribution in [1.82, 2.24) is 24.6 Å². The number of ether oxygens (including phenoxy) is 1. The number of hydrogen-bond donors (Lipinski definition) is 1. The summed E-state index contributed by atoms with van der Waals surface area (Å²) in [5.41, 5.74) is 2.68. The van der Waals surface area contributed by atoms with Gasteiger partial charge in [0.1, 0.15) is 32.6 Å². The molecule has 0 aromatic carbocycles. The van der Waals surface area contributed by atoms with Crippen molar-refractivity contribution in [3.63, 3.8) is 0 Å². The fourth-order valence-corrected chi connectivity index (χ4v) is 6.60. The minimum atomic E-state index is -1.13. The van der Waals surface area contributed by atoms with E-state index in [0.29, 0.717) is 12.4 Å². The van der Waals surface area contributed by atoms with Crippen LogP contribution in [0.5, 0.6) is 0 Å². The number of hydrogen-bond acceptors (Lipinski definition) is 7. The van der Waals surface area contributed by atoms with E-state index in [2.05, 4.69) is 21.1 Å². The van der Waals surface area contributed by atoms with Crippen LogP contribution in [0.25, 0.3) is 37.3 Å². The molecule has 1 N–H and O–H groups in total. The van der Waals surface area contributed by atoms with Gasteiger partial charge in [-0.1, -0.05) is 11.3 Å². The first-order valence-corrected chi connectivity index (χ1v) is 11.8. The number of aromatic amines is 1. The topological polar surface area (TPSA) is 91.2 Å². The molecule has 10 heteroatoms. The fourth-order valence-electron chi connectivity index (χ4n) is 3.32. The van der Waals surface area contributed by atoms with Gasteiger partial charge in [0.05, 0.1) is 23.7 Å². The van der Waals surface area contributed by atoms with E-state index < -0.39 is 11.2 Å². The van der Waals surface area contributed by atoms with Gasteiger partial charge in [-0.05, 0) is 24.2 Å². The summed E-state index contributed by atoms with van der Waals surface area (Å²) < 4.78 is 20.9. The molecule has 0 saturated carbocycles. The molecule has 1 atom stereocenters. The summed E-state index contributed by atoms with van der Waals surface area (Å²) in [6.45, 7) is 2.55. The van der Waals surface area contributed by atoms with Crippen molar-refractivity contribution in [2.24, 2.45) is 0 Å². The lowest BCUT2D eigenvalue weighted by molar-refractivity contribution is 0.199. The number of H-pyrrole nitrogens is 1. The number of methoxy groups -OCH3 is 1. The predicted molar refractivity (Wildman–Crippen MR) is 114 cm³/mol. The van der Waals surface area contributed by atoms with Crippen LogP contribution in [0.15, 0.2) is 28.0 Å². The monoisotopic (exact) mass is 431 g/mol. The Morgan fingerprint density at radius 3 is 3.04 bits per heavy atom. The number of pyridine rings is 1. The molecule has 5 heterocycles. The smallest absolute Gasteiger partial charge is 0.234 e. The minimum absolute atomic E-state index is 0.555. The zero-order valence-electron chi connectivity index (χ0n) is 15.3. The molecule has 0 radical (unpaired) electrons. The lowest BCUT2D eigenvalue weighted by Gasteiger charge is -2.09. The molecular formula is C18H17N5O2S3. The average Bonchev–Trinajstić information content (AvgIpc) is 3.42. The van der Waals surface area contributed by atoms with Gasteiger partial charge in [0.25, 0.3) is 0 Å². The molecule has 0 aliphatic heterocycles. The van der Waals surface area contributed by atoms with Gasteiger partial charge >= 0.3 is 0 Å². The number of fused-ring (bicyclic) bond motifs is 2. The SMILES string of the molecule is COCCC[S+]([O-])c1sc2nc(-c3nccs3)cc3c2c1[nH]n1c(C)ncc31. The molecule has 28 heavy (non-hydrogen) atoms. The summed E-state index contributed by atoms with van der Waals surface area (Å²) in [6.07, 6.45) is 4.39. The van der Waals surface area contributed by atoms with Crippen LogP contribution in [-0.2, 0) is 15.9 Å². The standard InChI is InChI=1S/C18H17N5O2S3/c1-10-20-9-13-11-8-12(16-19-4-6-26-16)21-17-14(11)15(22-23(10)13)18(27-17)28(24)7-3-5-25-2/h4,6,8-9,22H,3,5,7H2,1-2H3. The van der Waals surface area contributed by atoms with E-state index in [-0.39, 0.29) is 0 Å². The van der Waals surface area contributed by atoms with Gasteiger partial charge in [0.2, 0.25) is 4.21 Å². The molecule has 0 aliphatic carbocycles. The summed E-state index contributed by atoms with van der Waals surface area (Å²) in [4.78, 5) is 14.6. The number of nitrogens with zero attached hydrogens (tertiary/aromatic N) is 4. The van der Waals surface area contributed by atoms with Crippen LogP contribution in [0.3, 0.4) is 0 Å². The normalized spacial score (nSPS) is 13.2. The third-order valence-corrected chi connectivity index (χ3v) is 8.36. The first kappa shape index (κ1) is 18.1. The lowest BCUT2D eigenvalue weighted by atomic mass is 10.1. The van der Waals surface area contributed by atoms with Gasteiger partial charge in [0.15, 0.2) is 0 Å². The van der Waals surface area contributed by atoms with E-state index in [0.717, 1.165) is 53.8 Å². The Bertz CT molecular complexity index is 1270. The van der Waals surface area contributed by atoms with Crippen molar-refractivity contribution in [3.8, 4) is 10.7 Å². The van der Waals surface area contributed by atoms with Crippen LogP contribution >= 0.6 is 22.7 Å². The minimum Gasteiger partial charge on any atom is -0.611 e. The lowest BCUT2D eigenvalue weighted by Crippen LogP contribution is -2.08. The highest BCUT2D eigenvalue weighted by atomic mass is 32.2. The molecule has 5 aromatic heterocycles. The van der Waals surface area contributed by atoms with Crippen molar-refractivity contribution in [3.05, 3.63) is 29.7 Å². The van der Waals surface area contributed by atoms with Crippen LogP contribution in [0.1, 0.15) is 12.2 Å². The first-order chi connectivity index (χ1) is 13.7. The molecule has 7 nitrogen and oxygen atoms in total. The third kappa shape index (κ3) is 2.83. The Kier molecular flexibility index (Phi) is 4.60. The van der Waals surface area contributed by atoms with Gasteiger partial charge in [-0.2, -0.15) is 0 Å². The van der Waals surface area contributed by atoms with Gasteiger partial charge in [0, 0.05) is 30.5 Å². The second-order valence-corrected chi connectivity index (χ2v) is 10.0. The number of thiazole rings is 1. The average molecular weight is 432 g/mol. The zero-order chi connectivity index (χ0) is 19.3. The van der Waals surface area contributed by atoms with Crippen LogP contribution in [0.4, 0.5) is 0 Å². The van der Waals surface area contributed by atoms with Crippen molar-refractivity contribution in [2.45, 2.75) is 17.6 Å². The van der Waals surface area contributed by atoms with Gasteiger partial charge < -0.3 is 9.29 Å². The molecule has 144 valence electrons. The Hall–Kier alpha value is -1.98. The number of imidazole rings is 1. The number of rotatable bonds is 6. The highest BCUT2D eigenvalue weighted by Gasteiger charge is 2.25. The van der Waals surface area contributed by atoms with Crippen LogP contribution in [-0.4, -0.2) is 48.6 Å². The first-order valence-electron chi connectivity index (χ1n) is 8.74. The van der Waals surface area contributed by atoms with Gasteiger partial charge in [-0.3, -0.25) is 5.10 Å². The van der Waals surface area contributed by atoms with Crippen molar-refractivity contribution < 1.29 is 9.29 Å². The zero-order valence-corrected chi connectivity index (χ0v) is 17.7. The summed E-state index contributed by atoms with van der Waals surface area (Å²) >= 11 is 1.92. The molecule has 0 bridgehead atoms. The van der Waals surface area contributed by atoms with E-state index in [4.69, 9.17) is 9.72 Å². The van der Waals surface area contributed by atoms with Crippen molar-refractivity contribution >= 4 is 60.5 Å². The maximum Gasteiger partial charge on any atom is 0.234 e. The van der Waals surface area contributed by atoms with Crippen molar-refractivity contribution in [1.29, 1.82) is 0 Å². The van der Waals surface area contributed by atoms with E-state index in [1.54, 1.807) is 24.6 Å². The maximum absolute atomic E-state index is 13.0. The molecule has 0 spiro atoms. The Morgan fingerprint density at radius 1 is 1.36 bits per heavy atom. The third-order valence-electron chi connectivity index (χ3n) is 4.60.